The Kier molecular flexibility index (Phi) is 3.92. The predicted octanol–water partition coefficient (Wildman–Crippen LogP) is 2.00. The van der Waals surface area contributed by atoms with Gasteiger partial charge in [-0.1, -0.05) is 6.92 Å². The molecule has 0 saturated carbocycles. The molecule has 0 spiro atoms. The van der Waals surface area contributed by atoms with Crippen LogP contribution in [0.2, 0.25) is 0 Å². The lowest BCUT2D eigenvalue weighted by Gasteiger charge is -2.38. The fourth-order valence-electron chi connectivity index (χ4n) is 2.58. The van der Waals surface area contributed by atoms with Gasteiger partial charge in [-0.15, -0.1) is 0 Å². The average Bonchev–Trinajstić information content (AvgIpc) is 2.30. The zero-order chi connectivity index (χ0) is 12.3. The summed E-state index contributed by atoms with van der Waals surface area (Å²) in [6, 6.07) is 0.0879. The lowest BCUT2D eigenvalue weighted by Crippen LogP contribution is -2.56. The second-order valence-corrected chi connectivity index (χ2v) is 5.82. The molecule has 2 fully saturated rings. The van der Waals surface area contributed by atoms with Crippen molar-refractivity contribution < 1.29 is 9.53 Å². The van der Waals surface area contributed by atoms with E-state index in [2.05, 4.69) is 19.2 Å². The molecular weight excluding hydrogens is 216 g/mol. The summed E-state index contributed by atoms with van der Waals surface area (Å²) in [7, 11) is 0. The van der Waals surface area contributed by atoms with Crippen LogP contribution in [0, 0.1) is 5.92 Å². The number of nitrogens with zero attached hydrogens (tertiary/aromatic N) is 1. The maximum atomic E-state index is 12.1. The number of likely N-dealkylation sites (tertiary alicyclic amines) is 1. The molecule has 0 aromatic heterocycles. The van der Waals surface area contributed by atoms with Gasteiger partial charge >= 0.3 is 6.03 Å². The normalized spacial score (nSPS) is 31.3. The Morgan fingerprint density at radius 1 is 1.41 bits per heavy atom. The number of amides is 2. The molecule has 2 saturated heterocycles. The molecule has 0 aromatic rings. The van der Waals surface area contributed by atoms with Gasteiger partial charge < -0.3 is 15.0 Å². The summed E-state index contributed by atoms with van der Waals surface area (Å²) in [5.41, 5.74) is -0.168. The van der Waals surface area contributed by atoms with Crippen molar-refractivity contribution in [2.45, 2.75) is 45.1 Å². The first-order chi connectivity index (χ1) is 8.09. The van der Waals surface area contributed by atoms with Crippen LogP contribution in [0.15, 0.2) is 0 Å². The van der Waals surface area contributed by atoms with Crippen LogP contribution in [0.5, 0.6) is 0 Å². The van der Waals surface area contributed by atoms with Crippen LogP contribution < -0.4 is 5.32 Å². The predicted molar refractivity (Wildman–Crippen MR) is 67.0 cm³/mol. The summed E-state index contributed by atoms with van der Waals surface area (Å²) in [5, 5.41) is 3.14. The average molecular weight is 240 g/mol. The van der Waals surface area contributed by atoms with Crippen LogP contribution in [-0.4, -0.2) is 42.8 Å². The number of carbonyl (C=O) groups excluding carboxylic acids is 1. The molecule has 0 radical (unpaired) electrons. The lowest BCUT2D eigenvalue weighted by molar-refractivity contribution is 0.0300. The zero-order valence-corrected chi connectivity index (χ0v) is 11.0. The number of carbonyl (C=O) groups is 1. The number of urea groups is 1. The summed E-state index contributed by atoms with van der Waals surface area (Å²) >= 11 is 0. The second kappa shape index (κ2) is 5.25. The Hall–Kier alpha value is -0.770. The van der Waals surface area contributed by atoms with Gasteiger partial charge in [-0.05, 0) is 38.5 Å². The van der Waals surface area contributed by atoms with Crippen molar-refractivity contribution >= 4 is 6.03 Å². The Balaban J connectivity index is 1.83. The van der Waals surface area contributed by atoms with Gasteiger partial charge in [0.15, 0.2) is 0 Å². The van der Waals surface area contributed by atoms with Crippen LogP contribution in [0.4, 0.5) is 4.79 Å². The molecular formula is C13H24N2O2. The number of hydrogen-bond donors (Lipinski definition) is 1. The molecule has 0 bridgehead atoms. The van der Waals surface area contributed by atoms with Gasteiger partial charge in [0.25, 0.3) is 0 Å². The summed E-state index contributed by atoms with van der Waals surface area (Å²) in [6.07, 6.45) is 4.30. The molecule has 4 heteroatoms. The minimum atomic E-state index is -0.168. The molecule has 1 unspecified atom stereocenters. The summed E-state index contributed by atoms with van der Waals surface area (Å²) in [6.45, 7) is 7.59. The van der Waals surface area contributed by atoms with Crippen LogP contribution in [0.25, 0.3) is 0 Å². The first kappa shape index (κ1) is 12.7. The van der Waals surface area contributed by atoms with E-state index in [1.165, 1.54) is 0 Å². The molecule has 17 heavy (non-hydrogen) atoms. The fraction of sp³-hybridized carbons (Fsp3) is 0.923. The number of nitrogens with one attached hydrogen (secondary N) is 1. The van der Waals surface area contributed by atoms with Crippen LogP contribution in [0.1, 0.15) is 39.5 Å². The van der Waals surface area contributed by atoms with E-state index in [0.29, 0.717) is 6.61 Å². The number of hydrogen-bond acceptors (Lipinski definition) is 2. The van der Waals surface area contributed by atoms with Gasteiger partial charge in [0.05, 0.1) is 12.1 Å². The minimum absolute atomic E-state index is 0.0879. The summed E-state index contributed by atoms with van der Waals surface area (Å²) in [5.74, 6) is 0.757. The van der Waals surface area contributed by atoms with E-state index in [1.807, 2.05) is 4.90 Å². The molecule has 2 amide bonds. The maximum Gasteiger partial charge on any atom is 0.317 e. The SMILES string of the molecule is CC1CCN(C(=O)NC2(C)CCCOC2)CC1. The molecule has 2 aliphatic heterocycles. The molecule has 1 atom stereocenters. The lowest BCUT2D eigenvalue weighted by atomic mass is 9.95. The Morgan fingerprint density at radius 2 is 2.12 bits per heavy atom. The third-order valence-corrected chi connectivity index (χ3v) is 3.92. The highest BCUT2D eigenvalue weighted by Gasteiger charge is 2.31. The topological polar surface area (TPSA) is 41.6 Å². The molecule has 1 N–H and O–H groups in total. The molecule has 4 nitrogen and oxygen atoms in total. The largest absolute Gasteiger partial charge is 0.379 e. The number of rotatable bonds is 1. The molecule has 2 heterocycles. The smallest absolute Gasteiger partial charge is 0.317 e. The highest BCUT2D eigenvalue weighted by Crippen LogP contribution is 2.20. The van der Waals surface area contributed by atoms with Crippen molar-refractivity contribution in [1.29, 1.82) is 0 Å². The number of ether oxygens (including phenoxy) is 1. The highest BCUT2D eigenvalue weighted by atomic mass is 16.5. The van der Waals surface area contributed by atoms with Gasteiger partial charge in [0.2, 0.25) is 0 Å². The Labute approximate surface area is 104 Å². The van der Waals surface area contributed by atoms with E-state index in [-0.39, 0.29) is 11.6 Å². The Morgan fingerprint density at radius 3 is 2.71 bits per heavy atom. The Bertz CT molecular complexity index is 267. The first-order valence-corrected chi connectivity index (χ1v) is 6.74. The van der Waals surface area contributed by atoms with Crippen molar-refractivity contribution in [2.24, 2.45) is 5.92 Å². The summed E-state index contributed by atoms with van der Waals surface area (Å²) < 4.78 is 5.46. The maximum absolute atomic E-state index is 12.1. The van der Waals surface area contributed by atoms with E-state index < -0.39 is 0 Å². The standard InChI is InChI=1S/C13H24N2O2/c1-11-4-7-15(8-5-11)12(16)14-13(2)6-3-9-17-10-13/h11H,3-10H2,1-2H3,(H,14,16). The molecule has 0 aromatic carbocycles. The fourth-order valence-corrected chi connectivity index (χ4v) is 2.58. The quantitative estimate of drug-likeness (QED) is 0.761. The van der Waals surface area contributed by atoms with Crippen molar-refractivity contribution in [3.05, 3.63) is 0 Å². The van der Waals surface area contributed by atoms with E-state index in [1.54, 1.807) is 0 Å². The highest BCUT2D eigenvalue weighted by molar-refractivity contribution is 5.75. The zero-order valence-electron chi connectivity index (χ0n) is 11.0. The van der Waals surface area contributed by atoms with Gasteiger partial charge in [-0.2, -0.15) is 0 Å². The summed E-state index contributed by atoms with van der Waals surface area (Å²) in [4.78, 5) is 14.1. The van der Waals surface area contributed by atoms with Crippen LogP contribution >= 0.6 is 0 Å². The van der Waals surface area contributed by atoms with Crippen molar-refractivity contribution in [1.82, 2.24) is 10.2 Å². The van der Waals surface area contributed by atoms with Gasteiger partial charge in [0, 0.05) is 19.7 Å². The minimum Gasteiger partial charge on any atom is -0.379 e. The van der Waals surface area contributed by atoms with Gasteiger partial charge in [0.1, 0.15) is 0 Å². The van der Waals surface area contributed by atoms with Crippen LogP contribution in [0.3, 0.4) is 0 Å². The van der Waals surface area contributed by atoms with Crippen molar-refractivity contribution in [3.8, 4) is 0 Å². The first-order valence-electron chi connectivity index (χ1n) is 6.74. The second-order valence-electron chi connectivity index (χ2n) is 5.82. The molecule has 98 valence electrons. The third kappa shape index (κ3) is 3.35. The van der Waals surface area contributed by atoms with Crippen molar-refractivity contribution in [3.63, 3.8) is 0 Å². The van der Waals surface area contributed by atoms with Crippen LogP contribution in [-0.2, 0) is 4.74 Å². The molecule has 0 aliphatic carbocycles. The van der Waals surface area contributed by atoms with Gasteiger partial charge in [-0.25, -0.2) is 4.79 Å². The van der Waals surface area contributed by atoms with E-state index in [9.17, 15) is 4.79 Å². The van der Waals surface area contributed by atoms with Gasteiger partial charge in [-0.3, -0.25) is 0 Å². The monoisotopic (exact) mass is 240 g/mol. The van der Waals surface area contributed by atoms with E-state index >= 15 is 0 Å². The van der Waals surface area contributed by atoms with E-state index in [4.69, 9.17) is 4.74 Å². The van der Waals surface area contributed by atoms with E-state index in [0.717, 1.165) is 51.3 Å². The third-order valence-electron chi connectivity index (χ3n) is 3.92. The number of piperidine rings is 1. The molecule has 2 aliphatic rings. The van der Waals surface area contributed by atoms with Crippen molar-refractivity contribution in [2.75, 3.05) is 26.3 Å². The molecule has 2 rings (SSSR count).